The molecule has 1 aromatic heterocycles. The van der Waals surface area contributed by atoms with E-state index in [1.165, 1.54) is 0 Å². The summed E-state index contributed by atoms with van der Waals surface area (Å²) in [6.07, 6.45) is 1.99. The highest BCUT2D eigenvalue weighted by Crippen LogP contribution is 2.21. The Kier molecular flexibility index (Phi) is 4.54. The van der Waals surface area contributed by atoms with Crippen LogP contribution in [-0.4, -0.2) is 35.2 Å². The average molecular weight is 306 g/mol. The Bertz CT molecular complexity index is 551. The van der Waals surface area contributed by atoms with Crippen LogP contribution in [-0.2, 0) is 9.53 Å². The maximum Gasteiger partial charge on any atom is 0.407 e. The third-order valence-electron chi connectivity index (χ3n) is 3.23. The molecule has 0 saturated carbocycles. The molecule has 1 saturated heterocycles. The zero-order chi connectivity index (χ0) is 16.3. The number of rotatable bonds is 2. The van der Waals surface area contributed by atoms with Gasteiger partial charge in [-0.2, -0.15) is 0 Å². The maximum atomic E-state index is 12.2. The molecule has 1 atom stereocenters. The van der Waals surface area contributed by atoms with Gasteiger partial charge in [0.25, 0.3) is 0 Å². The summed E-state index contributed by atoms with van der Waals surface area (Å²) in [7, 11) is 0. The van der Waals surface area contributed by atoms with Crippen LogP contribution in [0, 0.1) is 0 Å². The lowest BCUT2D eigenvalue weighted by Crippen LogP contribution is -2.48. The molecule has 1 unspecified atom stereocenters. The predicted octanol–water partition coefficient (Wildman–Crippen LogP) is 1.68. The molecule has 0 aromatic carbocycles. The van der Waals surface area contributed by atoms with Crippen molar-refractivity contribution in [3.8, 4) is 0 Å². The molecule has 1 aliphatic rings. The monoisotopic (exact) mass is 306 g/mol. The molecule has 2 heterocycles. The number of ether oxygens (including phenoxy) is 1. The quantitative estimate of drug-likeness (QED) is 0.866. The summed E-state index contributed by atoms with van der Waals surface area (Å²) in [6, 6.07) is 3.22. The lowest BCUT2D eigenvalue weighted by molar-refractivity contribution is -0.120. The van der Waals surface area contributed by atoms with Crippen LogP contribution >= 0.6 is 0 Å². The van der Waals surface area contributed by atoms with Crippen molar-refractivity contribution in [3.63, 3.8) is 0 Å². The predicted molar refractivity (Wildman–Crippen MR) is 83.4 cm³/mol. The Labute approximate surface area is 129 Å². The molecule has 1 aliphatic heterocycles. The van der Waals surface area contributed by atoms with E-state index in [9.17, 15) is 9.59 Å². The lowest BCUT2D eigenvalue weighted by atomic mass is 10.0. The van der Waals surface area contributed by atoms with Crippen molar-refractivity contribution < 1.29 is 14.3 Å². The van der Waals surface area contributed by atoms with Gasteiger partial charge in [-0.05, 0) is 39.3 Å². The van der Waals surface area contributed by atoms with Crippen LogP contribution in [0.1, 0.15) is 33.6 Å². The third kappa shape index (κ3) is 4.34. The smallest absolute Gasteiger partial charge is 0.407 e. The largest absolute Gasteiger partial charge is 0.444 e. The Morgan fingerprint density at radius 1 is 1.45 bits per heavy atom. The van der Waals surface area contributed by atoms with Crippen LogP contribution in [0.25, 0.3) is 0 Å². The first kappa shape index (κ1) is 16.1. The highest BCUT2D eigenvalue weighted by molar-refractivity contribution is 5.94. The Hall–Kier alpha value is -2.31. The molecule has 120 valence electrons. The van der Waals surface area contributed by atoms with E-state index in [2.05, 4.69) is 10.3 Å². The number of carbonyl (C=O) groups excluding carboxylic acids is 2. The SMILES string of the molecule is CC(C)(C)OC(=O)NC1CCN(c2ccc(N)nc2)C(=O)C1. The number of pyridine rings is 1. The summed E-state index contributed by atoms with van der Waals surface area (Å²) >= 11 is 0. The second kappa shape index (κ2) is 6.21. The van der Waals surface area contributed by atoms with E-state index in [1.54, 1.807) is 44.0 Å². The van der Waals surface area contributed by atoms with Crippen molar-refractivity contribution in [2.24, 2.45) is 0 Å². The van der Waals surface area contributed by atoms with Crippen molar-refractivity contribution >= 4 is 23.5 Å². The molecular formula is C15H22N4O3. The first-order chi connectivity index (χ1) is 10.2. The standard InChI is InChI=1S/C15H22N4O3/c1-15(2,3)22-14(21)18-10-6-7-19(13(20)8-10)11-4-5-12(16)17-9-11/h4-5,9-10H,6-8H2,1-3H3,(H2,16,17)(H,18,21). The number of piperidine rings is 1. The van der Waals surface area contributed by atoms with Gasteiger partial charge in [0.1, 0.15) is 11.4 Å². The van der Waals surface area contributed by atoms with Crippen molar-refractivity contribution in [1.29, 1.82) is 0 Å². The van der Waals surface area contributed by atoms with E-state index in [0.717, 1.165) is 5.69 Å². The van der Waals surface area contributed by atoms with Crippen LogP contribution in [0.3, 0.4) is 0 Å². The second-order valence-corrected chi connectivity index (χ2v) is 6.32. The summed E-state index contributed by atoms with van der Waals surface area (Å²) < 4.78 is 5.20. The molecule has 0 spiro atoms. The number of carbonyl (C=O) groups is 2. The van der Waals surface area contributed by atoms with Crippen molar-refractivity contribution in [2.75, 3.05) is 17.2 Å². The van der Waals surface area contributed by atoms with Crippen LogP contribution in [0.15, 0.2) is 18.3 Å². The molecule has 1 aromatic rings. The molecule has 7 nitrogen and oxygen atoms in total. The molecule has 0 aliphatic carbocycles. The zero-order valence-electron chi connectivity index (χ0n) is 13.1. The van der Waals surface area contributed by atoms with Crippen LogP contribution in [0.2, 0.25) is 0 Å². The highest BCUT2D eigenvalue weighted by atomic mass is 16.6. The van der Waals surface area contributed by atoms with Crippen molar-refractivity contribution in [3.05, 3.63) is 18.3 Å². The molecule has 1 fully saturated rings. The summed E-state index contributed by atoms with van der Waals surface area (Å²) in [5.41, 5.74) is 5.71. The fourth-order valence-electron chi connectivity index (χ4n) is 2.26. The molecule has 7 heteroatoms. The van der Waals surface area contributed by atoms with Gasteiger partial charge in [-0.25, -0.2) is 9.78 Å². The summed E-state index contributed by atoms with van der Waals surface area (Å²) in [6.45, 7) is 5.92. The summed E-state index contributed by atoms with van der Waals surface area (Å²) in [5, 5.41) is 2.74. The molecule has 0 bridgehead atoms. The average Bonchev–Trinajstić information content (AvgIpc) is 2.38. The van der Waals surface area contributed by atoms with E-state index < -0.39 is 11.7 Å². The summed E-state index contributed by atoms with van der Waals surface area (Å²) in [5.74, 6) is 0.358. The van der Waals surface area contributed by atoms with Crippen LogP contribution < -0.4 is 16.0 Å². The maximum absolute atomic E-state index is 12.2. The number of aromatic nitrogens is 1. The van der Waals surface area contributed by atoms with Gasteiger partial charge in [0.2, 0.25) is 5.91 Å². The van der Waals surface area contributed by atoms with E-state index in [1.807, 2.05) is 0 Å². The molecule has 2 amide bonds. The molecule has 0 radical (unpaired) electrons. The third-order valence-corrected chi connectivity index (χ3v) is 3.23. The van der Waals surface area contributed by atoms with Gasteiger partial charge >= 0.3 is 6.09 Å². The number of nitrogens with zero attached hydrogens (tertiary/aromatic N) is 2. The number of nitrogens with one attached hydrogen (secondary N) is 1. The topological polar surface area (TPSA) is 97.6 Å². The van der Waals surface area contributed by atoms with Gasteiger partial charge in [0, 0.05) is 19.0 Å². The summed E-state index contributed by atoms with van der Waals surface area (Å²) in [4.78, 5) is 29.6. The number of hydrogen-bond acceptors (Lipinski definition) is 5. The van der Waals surface area contributed by atoms with E-state index in [-0.39, 0.29) is 18.4 Å². The lowest BCUT2D eigenvalue weighted by Gasteiger charge is -2.32. The number of hydrogen-bond donors (Lipinski definition) is 2. The highest BCUT2D eigenvalue weighted by Gasteiger charge is 2.29. The van der Waals surface area contributed by atoms with Crippen molar-refractivity contribution in [1.82, 2.24) is 10.3 Å². The van der Waals surface area contributed by atoms with E-state index in [4.69, 9.17) is 10.5 Å². The number of nitrogens with two attached hydrogens (primary N) is 1. The van der Waals surface area contributed by atoms with Gasteiger partial charge in [-0.1, -0.05) is 0 Å². The van der Waals surface area contributed by atoms with Gasteiger partial charge < -0.3 is 20.7 Å². The minimum Gasteiger partial charge on any atom is -0.444 e. The van der Waals surface area contributed by atoms with E-state index >= 15 is 0 Å². The van der Waals surface area contributed by atoms with Crippen molar-refractivity contribution in [2.45, 2.75) is 45.3 Å². The molecular weight excluding hydrogens is 284 g/mol. The normalized spacial score (nSPS) is 19.0. The fraction of sp³-hybridized carbons (Fsp3) is 0.533. The van der Waals surface area contributed by atoms with Crippen LogP contribution in [0.4, 0.5) is 16.3 Å². The minimum atomic E-state index is -0.551. The minimum absolute atomic E-state index is 0.0566. The number of anilines is 2. The Balaban J connectivity index is 1.91. The number of alkyl carbamates (subject to hydrolysis) is 1. The van der Waals surface area contributed by atoms with E-state index in [0.29, 0.717) is 18.8 Å². The first-order valence-corrected chi connectivity index (χ1v) is 7.26. The van der Waals surface area contributed by atoms with Gasteiger partial charge in [0.15, 0.2) is 0 Å². The molecule has 3 N–H and O–H groups in total. The number of nitrogen functional groups attached to an aromatic ring is 1. The first-order valence-electron chi connectivity index (χ1n) is 7.26. The Morgan fingerprint density at radius 3 is 2.73 bits per heavy atom. The molecule has 2 rings (SSSR count). The second-order valence-electron chi connectivity index (χ2n) is 6.32. The van der Waals surface area contributed by atoms with Gasteiger partial charge in [-0.3, -0.25) is 4.79 Å². The van der Waals surface area contributed by atoms with Crippen LogP contribution in [0.5, 0.6) is 0 Å². The number of amides is 2. The fourth-order valence-corrected chi connectivity index (χ4v) is 2.26. The van der Waals surface area contributed by atoms with Gasteiger partial charge in [-0.15, -0.1) is 0 Å². The molecule has 22 heavy (non-hydrogen) atoms. The van der Waals surface area contributed by atoms with Gasteiger partial charge in [0.05, 0.1) is 11.9 Å². The Morgan fingerprint density at radius 2 is 2.18 bits per heavy atom. The zero-order valence-corrected chi connectivity index (χ0v) is 13.1.